The van der Waals surface area contributed by atoms with Gasteiger partial charge in [0, 0.05) is 31.6 Å². The third-order valence-corrected chi connectivity index (χ3v) is 3.79. The first-order valence-corrected chi connectivity index (χ1v) is 8.19. The summed E-state index contributed by atoms with van der Waals surface area (Å²) in [5.41, 5.74) is 1.56. The molecule has 1 unspecified atom stereocenters. The zero-order valence-corrected chi connectivity index (χ0v) is 14.8. The largest absolute Gasteiger partial charge is 0.469 e. The van der Waals surface area contributed by atoms with Gasteiger partial charge in [-0.3, -0.25) is 14.6 Å². The van der Waals surface area contributed by atoms with Gasteiger partial charge in [0.25, 0.3) is 0 Å². The summed E-state index contributed by atoms with van der Waals surface area (Å²) >= 11 is 0. The molecule has 26 heavy (non-hydrogen) atoms. The monoisotopic (exact) mass is 356 g/mol. The number of aromatic nitrogens is 1. The number of carbonyl (C=O) groups is 2. The first-order chi connectivity index (χ1) is 12.5. The number of benzene rings is 1. The minimum Gasteiger partial charge on any atom is -0.469 e. The molecule has 1 atom stereocenters. The fraction of sp³-hybridized carbons (Fsp3) is 0.250. The Morgan fingerprint density at radius 3 is 2.62 bits per heavy atom. The number of methoxy groups -OCH3 is 1. The van der Waals surface area contributed by atoms with Gasteiger partial charge in [-0.05, 0) is 35.4 Å². The van der Waals surface area contributed by atoms with E-state index in [9.17, 15) is 14.0 Å². The van der Waals surface area contributed by atoms with Crippen LogP contribution in [0.15, 0.2) is 54.9 Å². The fourth-order valence-electron chi connectivity index (χ4n) is 2.40. The number of hydrogen-bond donors (Lipinski definition) is 0. The molecule has 6 heteroatoms. The van der Waals surface area contributed by atoms with E-state index in [1.165, 1.54) is 25.3 Å². The van der Waals surface area contributed by atoms with Crippen molar-refractivity contribution in [1.29, 1.82) is 0 Å². The van der Waals surface area contributed by atoms with Crippen molar-refractivity contribution in [2.45, 2.75) is 13.5 Å². The van der Waals surface area contributed by atoms with Crippen molar-refractivity contribution < 1.29 is 18.7 Å². The van der Waals surface area contributed by atoms with Gasteiger partial charge in [0.05, 0.1) is 13.0 Å². The lowest BCUT2D eigenvalue weighted by Crippen LogP contribution is -2.35. The van der Waals surface area contributed by atoms with Gasteiger partial charge in [0.2, 0.25) is 5.91 Å². The summed E-state index contributed by atoms with van der Waals surface area (Å²) in [5, 5.41) is 0. The molecule has 1 heterocycles. The van der Waals surface area contributed by atoms with E-state index in [0.29, 0.717) is 12.1 Å². The van der Waals surface area contributed by atoms with E-state index in [1.54, 1.807) is 48.5 Å². The molecule has 0 bridgehead atoms. The van der Waals surface area contributed by atoms with E-state index in [2.05, 4.69) is 4.98 Å². The van der Waals surface area contributed by atoms with Crippen LogP contribution in [-0.2, 0) is 20.9 Å². The van der Waals surface area contributed by atoms with Gasteiger partial charge in [0.1, 0.15) is 5.82 Å². The van der Waals surface area contributed by atoms with Crippen LogP contribution in [0.2, 0.25) is 0 Å². The summed E-state index contributed by atoms with van der Waals surface area (Å²) in [7, 11) is 1.32. The van der Waals surface area contributed by atoms with Crippen molar-refractivity contribution in [2.24, 2.45) is 5.92 Å². The molecule has 0 saturated carbocycles. The molecule has 2 aromatic rings. The highest BCUT2D eigenvalue weighted by Gasteiger charge is 2.20. The van der Waals surface area contributed by atoms with Gasteiger partial charge in [-0.1, -0.05) is 25.1 Å². The first kappa shape index (κ1) is 19.3. The number of carbonyl (C=O) groups excluding carboxylic acids is 2. The van der Waals surface area contributed by atoms with Gasteiger partial charge >= 0.3 is 5.97 Å². The minimum absolute atomic E-state index is 0.216. The molecule has 0 fully saturated rings. The number of esters is 1. The molecule has 136 valence electrons. The van der Waals surface area contributed by atoms with E-state index < -0.39 is 5.92 Å². The molecular weight excluding hydrogens is 335 g/mol. The van der Waals surface area contributed by atoms with E-state index in [1.807, 2.05) is 6.07 Å². The maximum absolute atomic E-state index is 13.0. The van der Waals surface area contributed by atoms with Crippen molar-refractivity contribution >= 4 is 18.0 Å². The molecule has 0 aliphatic heterocycles. The zero-order chi connectivity index (χ0) is 18.9. The van der Waals surface area contributed by atoms with Crippen LogP contribution in [0.5, 0.6) is 0 Å². The zero-order valence-electron chi connectivity index (χ0n) is 14.8. The third kappa shape index (κ3) is 5.81. The van der Waals surface area contributed by atoms with Crippen LogP contribution in [0.4, 0.5) is 4.39 Å². The topological polar surface area (TPSA) is 59.5 Å². The van der Waals surface area contributed by atoms with Gasteiger partial charge in [-0.15, -0.1) is 0 Å². The molecule has 0 aliphatic carbocycles. The smallest absolute Gasteiger partial charge is 0.310 e. The Kier molecular flexibility index (Phi) is 7.02. The highest BCUT2D eigenvalue weighted by molar-refractivity contribution is 5.92. The molecule has 0 saturated heterocycles. The van der Waals surface area contributed by atoms with Gasteiger partial charge in [-0.2, -0.15) is 0 Å². The van der Waals surface area contributed by atoms with Crippen molar-refractivity contribution in [1.82, 2.24) is 9.88 Å². The highest BCUT2D eigenvalue weighted by atomic mass is 19.1. The molecular formula is C20H21FN2O3. The van der Waals surface area contributed by atoms with Gasteiger partial charge < -0.3 is 9.64 Å². The second kappa shape index (κ2) is 9.46. The first-order valence-electron chi connectivity index (χ1n) is 8.19. The second-order valence-corrected chi connectivity index (χ2v) is 5.89. The SMILES string of the molecule is COC(=O)C(C)CN(Cc1cccnc1)C(=O)/C=C/c1ccc(F)cc1. The Labute approximate surface area is 152 Å². The van der Waals surface area contributed by atoms with Crippen LogP contribution < -0.4 is 0 Å². The van der Waals surface area contributed by atoms with Crippen molar-refractivity contribution in [3.63, 3.8) is 0 Å². The number of hydrogen-bond acceptors (Lipinski definition) is 4. The summed E-state index contributed by atoms with van der Waals surface area (Å²) in [6.07, 6.45) is 6.35. The van der Waals surface area contributed by atoms with Crippen LogP contribution in [-0.4, -0.2) is 35.4 Å². The number of rotatable bonds is 7. The summed E-state index contributed by atoms with van der Waals surface area (Å²) in [4.78, 5) is 29.9. The molecule has 0 N–H and O–H groups in total. The van der Waals surface area contributed by atoms with Gasteiger partial charge in [-0.25, -0.2) is 4.39 Å². The summed E-state index contributed by atoms with van der Waals surface area (Å²) in [6, 6.07) is 9.48. The lowest BCUT2D eigenvalue weighted by molar-refractivity contribution is -0.146. The molecule has 1 amide bonds. The third-order valence-electron chi connectivity index (χ3n) is 3.79. The minimum atomic E-state index is -0.458. The summed E-state index contributed by atoms with van der Waals surface area (Å²) < 4.78 is 17.7. The quantitative estimate of drug-likeness (QED) is 0.565. The van der Waals surface area contributed by atoms with Crippen molar-refractivity contribution in [3.05, 3.63) is 71.8 Å². The van der Waals surface area contributed by atoms with Crippen molar-refractivity contribution in [2.75, 3.05) is 13.7 Å². The Morgan fingerprint density at radius 2 is 2.00 bits per heavy atom. The predicted molar refractivity (Wildman–Crippen MR) is 96.3 cm³/mol. The van der Waals surface area contributed by atoms with Crippen LogP contribution in [0.25, 0.3) is 6.08 Å². The molecule has 2 rings (SSSR count). The normalized spacial score (nSPS) is 12.0. The van der Waals surface area contributed by atoms with Crippen molar-refractivity contribution in [3.8, 4) is 0 Å². The lowest BCUT2D eigenvalue weighted by atomic mass is 10.1. The second-order valence-electron chi connectivity index (χ2n) is 5.89. The summed E-state index contributed by atoms with van der Waals surface area (Å²) in [6.45, 7) is 2.25. The molecule has 0 spiro atoms. The molecule has 0 radical (unpaired) electrons. The standard InChI is InChI=1S/C20H21FN2O3/c1-15(20(25)26-2)13-23(14-17-4-3-11-22-12-17)19(24)10-7-16-5-8-18(21)9-6-16/h3-12,15H,13-14H2,1-2H3/b10-7+. The van der Waals surface area contributed by atoms with E-state index in [4.69, 9.17) is 4.74 Å². The van der Waals surface area contributed by atoms with Crippen LogP contribution >= 0.6 is 0 Å². The van der Waals surface area contributed by atoms with Gasteiger partial charge in [0.15, 0.2) is 0 Å². The number of nitrogens with zero attached hydrogens (tertiary/aromatic N) is 2. The predicted octanol–water partition coefficient (Wildman–Crippen LogP) is 3.07. The number of halogens is 1. The summed E-state index contributed by atoms with van der Waals surface area (Å²) in [5.74, 6) is -1.43. The fourth-order valence-corrected chi connectivity index (χ4v) is 2.40. The Morgan fingerprint density at radius 1 is 1.27 bits per heavy atom. The average molecular weight is 356 g/mol. The molecule has 1 aromatic carbocycles. The van der Waals surface area contributed by atoms with Crippen LogP contribution in [0.3, 0.4) is 0 Å². The maximum Gasteiger partial charge on any atom is 0.310 e. The number of pyridine rings is 1. The van der Waals surface area contributed by atoms with E-state index in [0.717, 1.165) is 5.56 Å². The Bertz CT molecular complexity index is 760. The highest BCUT2D eigenvalue weighted by Crippen LogP contribution is 2.11. The average Bonchev–Trinajstić information content (AvgIpc) is 2.66. The van der Waals surface area contributed by atoms with Crippen LogP contribution in [0.1, 0.15) is 18.1 Å². The Balaban J connectivity index is 2.13. The molecule has 0 aliphatic rings. The lowest BCUT2D eigenvalue weighted by Gasteiger charge is -2.24. The van der Waals surface area contributed by atoms with Crippen LogP contribution in [0, 0.1) is 11.7 Å². The number of amides is 1. The number of ether oxygens (including phenoxy) is 1. The molecule has 1 aromatic heterocycles. The molecule has 5 nitrogen and oxygen atoms in total. The maximum atomic E-state index is 13.0. The van der Waals surface area contributed by atoms with E-state index in [-0.39, 0.29) is 24.2 Å². The van der Waals surface area contributed by atoms with E-state index >= 15 is 0 Å². The Hall–Kier alpha value is -3.02.